The number of nitrogens with one attached hydrogen (secondary N) is 1. The van der Waals surface area contributed by atoms with Crippen LogP contribution in [-0.2, 0) is 0 Å². The maximum atomic E-state index is 8.64. The van der Waals surface area contributed by atoms with E-state index >= 15 is 0 Å². The Balaban J connectivity index is 2.36. The molecule has 0 saturated heterocycles. The summed E-state index contributed by atoms with van der Waals surface area (Å²) in [4.78, 5) is 8.41. The first kappa shape index (κ1) is 14.1. The average Bonchev–Trinajstić information content (AvgIpc) is 2.29. The lowest BCUT2D eigenvalue weighted by Gasteiger charge is -2.10. The Hall–Kier alpha value is -1.01. The number of aliphatic hydroxyl groups is 1. The Morgan fingerprint density at radius 3 is 2.76 bits per heavy atom. The van der Waals surface area contributed by atoms with Gasteiger partial charge < -0.3 is 16.2 Å². The molecule has 5 nitrogen and oxygen atoms in total. The van der Waals surface area contributed by atoms with Gasteiger partial charge in [0.1, 0.15) is 17.5 Å². The number of thioether (sulfide) groups is 1. The second-order valence-electron chi connectivity index (χ2n) is 3.75. The van der Waals surface area contributed by atoms with Crippen molar-refractivity contribution in [2.75, 3.05) is 35.7 Å². The van der Waals surface area contributed by atoms with E-state index in [9.17, 15) is 0 Å². The number of aliphatic hydroxyl groups excluding tert-OH is 1. The van der Waals surface area contributed by atoms with Crippen LogP contribution in [0.15, 0.2) is 0 Å². The molecule has 0 fully saturated rings. The fraction of sp³-hybridized carbons (Fsp3) is 0.636. The number of aromatic nitrogens is 2. The molecule has 96 valence electrons. The number of rotatable bonds is 7. The van der Waals surface area contributed by atoms with E-state index in [0.717, 1.165) is 35.9 Å². The van der Waals surface area contributed by atoms with E-state index in [2.05, 4.69) is 15.3 Å². The fourth-order valence-corrected chi connectivity index (χ4v) is 2.12. The van der Waals surface area contributed by atoms with Crippen LogP contribution >= 0.6 is 11.8 Å². The van der Waals surface area contributed by atoms with Crippen LogP contribution in [0.25, 0.3) is 0 Å². The van der Waals surface area contributed by atoms with Gasteiger partial charge in [0.05, 0.1) is 0 Å². The molecule has 0 aliphatic carbocycles. The number of nitrogen functional groups attached to an aromatic ring is 1. The quantitative estimate of drug-likeness (QED) is 0.636. The highest BCUT2D eigenvalue weighted by Crippen LogP contribution is 2.16. The highest BCUT2D eigenvalue weighted by atomic mass is 32.2. The minimum absolute atomic E-state index is 0.265. The number of hydrogen-bond acceptors (Lipinski definition) is 6. The Labute approximate surface area is 106 Å². The zero-order chi connectivity index (χ0) is 12.7. The Bertz CT molecular complexity index is 360. The van der Waals surface area contributed by atoms with Gasteiger partial charge in [-0.25, -0.2) is 9.97 Å². The fourth-order valence-electron chi connectivity index (χ4n) is 1.33. The number of nitrogens with two attached hydrogens (primary N) is 1. The molecule has 1 rings (SSSR count). The van der Waals surface area contributed by atoms with Crippen LogP contribution in [0, 0.1) is 13.8 Å². The third-order valence-electron chi connectivity index (χ3n) is 2.28. The highest BCUT2D eigenvalue weighted by Gasteiger charge is 2.05. The highest BCUT2D eigenvalue weighted by molar-refractivity contribution is 7.99. The normalized spacial score (nSPS) is 10.5. The predicted octanol–water partition coefficient (Wildman–Crippen LogP) is 1.20. The molecule has 17 heavy (non-hydrogen) atoms. The first-order valence-corrected chi connectivity index (χ1v) is 6.83. The van der Waals surface area contributed by atoms with Crippen molar-refractivity contribution in [3.8, 4) is 0 Å². The van der Waals surface area contributed by atoms with Gasteiger partial charge in [-0.2, -0.15) is 11.8 Å². The molecule has 0 aliphatic heterocycles. The van der Waals surface area contributed by atoms with Crippen LogP contribution in [0.3, 0.4) is 0 Å². The van der Waals surface area contributed by atoms with Crippen molar-refractivity contribution in [2.45, 2.75) is 20.3 Å². The van der Waals surface area contributed by atoms with Gasteiger partial charge in [-0.1, -0.05) is 0 Å². The molecular formula is C11H20N4OS. The molecule has 0 bridgehead atoms. The Morgan fingerprint density at radius 2 is 2.06 bits per heavy atom. The molecule has 0 unspecified atom stereocenters. The molecule has 0 aliphatic rings. The molecule has 1 heterocycles. The van der Waals surface area contributed by atoms with E-state index in [-0.39, 0.29) is 6.61 Å². The minimum atomic E-state index is 0.265. The van der Waals surface area contributed by atoms with E-state index < -0.39 is 0 Å². The lowest BCUT2D eigenvalue weighted by molar-refractivity contribution is 0.296. The van der Waals surface area contributed by atoms with E-state index in [0.29, 0.717) is 11.6 Å². The van der Waals surface area contributed by atoms with Gasteiger partial charge in [-0.15, -0.1) is 0 Å². The molecule has 0 aromatic carbocycles. The van der Waals surface area contributed by atoms with E-state index in [1.807, 2.05) is 25.6 Å². The van der Waals surface area contributed by atoms with Crippen LogP contribution in [0.2, 0.25) is 0 Å². The molecule has 1 aromatic rings. The molecule has 6 heteroatoms. The third-order valence-corrected chi connectivity index (χ3v) is 3.35. The van der Waals surface area contributed by atoms with Crippen molar-refractivity contribution in [3.63, 3.8) is 0 Å². The molecule has 0 spiro atoms. The van der Waals surface area contributed by atoms with Crippen molar-refractivity contribution < 1.29 is 5.11 Å². The molecular weight excluding hydrogens is 236 g/mol. The largest absolute Gasteiger partial charge is 0.396 e. The van der Waals surface area contributed by atoms with Gasteiger partial charge in [0.15, 0.2) is 0 Å². The molecule has 0 radical (unpaired) electrons. The van der Waals surface area contributed by atoms with Crippen LogP contribution in [0.1, 0.15) is 17.8 Å². The maximum Gasteiger partial charge on any atom is 0.134 e. The standard InChI is InChI=1S/C11H20N4OS/c1-8-10(12)14-9(2)15-11(8)13-4-7-17-6-3-5-16/h16H,3-7H2,1-2H3,(H3,12,13,14,15). The van der Waals surface area contributed by atoms with Crippen LogP contribution in [-0.4, -0.2) is 39.7 Å². The Morgan fingerprint density at radius 1 is 1.29 bits per heavy atom. The lowest BCUT2D eigenvalue weighted by Crippen LogP contribution is -2.11. The van der Waals surface area contributed by atoms with Gasteiger partial charge in [0.2, 0.25) is 0 Å². The first-order valence-electron chi connectivity index (χ1n) is 5.68. The van der Waals surface area contributed by atoms with Gasteiger partial charge >= 0.3 is 0 Å². The van der Waals surface area contributed by atoms with Gasteiger partial charge in [-0.05, 0) is 26.0 Å². The Kier molecular flexibility index (Phi) is 6.07. The molecule has 0 amide bonds. The van der Waals surface area contributed by atoms with Crippen molar-refractivity contribution in [3.05, 3.63) is 11.4 Å². The summed E-state index contributed by atoms with van der Waals surface area (Å²) in [5.74, 6) is 4.01. The summed E-state index contributed by atoms with van der Waals surface area (Å²) in [6, 6.07) is 0. The minimum Gasteiger partial charge on any atom is -0.396 e. The van der Waals surface area contributed by atoms with Gasteiger partial charge in [0.25, 0.3) is 0 Å². The van der Waals surface area contributed by atoms with Crippen molar-refractivity contribution in [2.24, 2.45) is 0 Å². The van der Waals surface area contributed by atoms with Crippen molar-refractivity contribution in [1.29, 1.82) is 0 Å². The zero-order valence-electron chi connectivity index (χ0n) is 10.4. The number of aryl methyl sites for hydroxylation is 1. The zero-order valence-corrected chi connectivity index (χ0v) is 11.2. The predicted molar refractivity (Wildman–Crippen MR) is 73.4 cm³/mol. The summed E-state index contributed by atoms with van der Waals surface area (Å²) in [5.41, 5.74) is 6.67. The number of hydrogen-bond donors (Lipinski definition) is 3. The van der Waals surface area contributed by atoms with Gasteiger partial charge in [-0.3, -0.25) is 0 Å². The summed E-state index contributed by atoms with van der Waals surface area (Å²) >= 11 is 1.81. The SMILES string of the molecule is Cc1nc(N)c(C)c(NCCSCCCO)n1. The third kappa shape index (κ3) is 4.79. The van der Waals surface area contributed by atoms with Crippen molar-refractivity contribution in [1.82, 2.24) is 9.97 Å². The van der Waals surface area contributed by atoms with Crippen LogP contribution in [0.4, 0.5) is 11.6 Å². The van der Waals surface area contributed by atoms with Crippen molar-refractivity contribution >= 4 is 23.4 Å². The van der Waals surface area contributed by atoms with E-state index in [1.165, 1.54) is 0 Å². The average molecular weight is 256 g/mol. The van der Waals surface area contributed by atoms with Crippen LogP contribution in [0.5, 0.6) is 0 Å². The molecule has 0 saturated carbocycles. The second-order valence-corrected chi connectivity index (χ2v) is 4.97. The summed E-state index contributed by atoms with van der Waals surface area (Å²) in [6.45, 7) is 4.85. The summed E-state index contributed by atoms with van der Waals surface area (Å²) in [6.07, 6.45) is 0.850. The lowest BCUT2D eigenvalue weighted by atomic mass is 10.3. The summed E-state index contributed by atoms with van der Waals surface area (Å²) < 4.78 is 0. The molecule has 0 atom stereocenters. The number of nitrogens with zero attached hydrogens (tertiary/aromatic N) is 2. The topological polar surface area (TPSA) is 84.1 Å². The van der Waals surface area contributed by atoms with E-state index in [1.54, 1.807) is 0 Å². The smallest absolute Gasteiger partial charge is 0.134 e. The second kappa shape index (κ2) is 7.34. The summed E-state index contributed by atoms with van der Waals surface area (Å²) in [5, 5.41) is 11.9. The monoisotopic (exact) mass is 256 g/mol. The maximum absolute atomic E-state index is 8.64. The van der Waals surface area contributed by atoms with Gasteiger partial charge in [0, 0.05) is 24.5 Å². The molecule has 4 N–H and O–H groups in total. The first-order chi connectivity index (χ1) is 8.15. The van der Waals surface area contributed by atoms with E-state index in [4.69, 9.17) is 10.8 Å². The summed E-state index contributed by atoms with van der Waals surface area (Å²) in [7, 11) is 0. The molecule has 1 aromatic heterocycles. The van der Waals surface area contributed by atoms with Crippen LogP contribution < -0.4 is 11.1 Å². The number of anilines is 2.